The predicted molar refractivity (Wildman–Crippen MR) is 105 cm³/mol. The molecule has 3 N–H and O–H groups in total. The van der Waals surface area contributed by atoms with Crippen molar-refractivity contribution in [1.82, 2.24) is 19.7 Å². The molecule has 150 valence electrons. The summed E-state index contributed by atoms with van der Waals surface area (Å²) in [5.74, 6) is -0.881. The molecule has 0 saturated heterocycles. The Morgan fingerprint density at radius 2 is 2.07 bits per heavy atom. The minimum Gasteiger partial charge on any atom is -0.444 e. The minimum atomic E-state index is -0.692. The lowest BCUT2D eigenvalue weighted by atomic mass is 9.96. The Morgan fingerprint density at radius 1 is 1.28 bits per heavy atom. The molecular formula is C20H22N6O3. The van der Waals surface area contributed by atoms with Crippen LogP contribution in [0.4, 0.5) is 5.69 Å². The first-order chi connectivity index (χ1) is 14.0. The van der Waals surface area contributed by atoms with E-state index in [0.29, 0.717) is 5.89 Å². The number of amides is 2. The fourth-order valence-electron chi connectivity index (χ4n) is 3.57. The first-order valence-corrected chi connectivity index (χ1v) is 9.60. The summed E-state index contributed by atoms with van der Waals surface area (Å²) in [5, 5.41) is 7.01. The standard InChI is InChI=1S/C20H22N6O3/c1-12-9-13(7-8-22-12)20-24-16(11-29-20)19(28)23-15-10-26(25-17(15)18(21)27)14-5-3-2-4-6-14/h7-11,14H,2-6H2,1H3,(H2,21,27)(H,23,28). The quantitative estimate of drug-likeness (QED) is 0.684. The number of carbonyl (C=O) groups is 2. The van der Waals surface area contributed by atoms with Gasteiger partial charge in [-0.3, -0.25) is 19.3 Å². The normalized spacial score (nSPS) is 14.7. The van der Waals surface area contributed by atoms with Crippen LogP contribution >= 0.6 is 0 Å². The SMILES string of the molecule is Cc1cc(-c2nc(C(=O)Nc3cn(C4CCCCC4)nc3C(N)=O)co2)ccn1. The summed E-state index contributed by atoms with van der Waals surface area (Å²) in [7, 11) is 0. The van der Waals surface area contributed by atoms with E-state index in [1.807, 2.05) is 13.0 Å². The monoisotopic (exact) mass is 394 g/mol. The van der Waals surface area contributed by atoms with Crippen LogP contribution in [0.2, 0.25) is 0 Å². The van der Waals surface area contributed by atoms with E-state index in [1.54, 1.807) is 23.1 Å². The number of carbonyl (C=O) groups excluding carboxylic acids is 2. The van der Waals surface area contributed by atoms with Gasteiger partial charge >= 0.3 is 0 Å². The second kappa shape index (κ2) is 7.86. The average molecular weight is 394 g/mol. The largest absolute Gasteiger partial charge is 0.444 e. The molecule has 0 spiro atoms. The molecule has 1 saturated carbocycles. The smallest absolute Gasteiger partial charge is 0.277 e. The van der Waals surface area contributed by atoms with Gasteiger partial charge in [0.1, 0.15) is 6.26 Å². The number of aromatic nitrogens is 4. The van der Waals surface area contributed by atoms with Gasteiger partial charge in [-0.1, -0.05) is 19.3 Å². The van der Waals surface area contributed by atoms with Gasteiger partial charge < -0.3 is 15.5 Å². The van der Waals surface area contributed by atoms with Gasteiger partial charge in [0.05, 0.1) is 11.7 Å². The van der Waals surface area contributed by atoms with Crippen LogP contribution in [0.5, 0.6) is 0 Å². The number of oxazole rings is 1. The van der Waals surface area contributed by atoms with Gasteiger partial charge in [0.2, 0.25) is 5.89 Å². The second-order valence-electron chi connectivity index (χ2n) is 7.21. The Morgan fingerprint density at radius 3 is 2.79 bits per heavy atom. The van der Waals surface area contributed by atoms with Crippen LogP contribution in [0, 0.1) is 6.92 Å². The summed E-state index contributed by atoms with van der Waals surface area (Å²) in [6, 6.07) is 3.77. The highest BCUT2D eigenvalue weighted by molar-refractivity contribution is 6.07. The third-order valence-corrected chi connectivity index (χ3v) is 5.04. The van der Waals surface area contributed by atoms with Crippen molar-refractivity contribution < 1.29 is 14.0 Å². The number of aryl methyl sites for hydroxylation is 1. The molecule has 0 aromatic carbocycles. The molecule has 0 atom stereocenters. The summed E-state index contributed by atoms with van der Waals surface area (Å²) >= 11 is 0. The highest BCUT2D eigenvalue weighted by Crippen LogP contribution is 2.29. The summed E-state index contributed by atoms with van der Waals surface area (Å²) in [4.78, 5) is 32.8. The van der Waals surface area contributed by atoms with Gasteiger partial charge in [-0.2, -0.15) is 5.10 Å². The fourth-order valence-corrected chi connectivity index (χ4v) is 3.57. The molecule has 3 aromatic rings. The van der Waals surface area contributed by atoms with Gasteiger partial charge in [0, 0.05) is 23.7 Å². The zero-order chi connectivity index (χ0) is 20.4. The van der Waals surface area contributed by atoms with Gasteiger partial charge in [-0.05, 0) is 31.9 Å². The Balaban J connectivity index is 1.55. The molecule has 1 aliphatic carbocycles. The van der Waals surface area contributed by atoms with Crippen molar-refractivity contribution in [3.8, 4) is 11.5 Å². The highest BCUT2D eigenvalue weighted by atomic mass is 16.3. The zero-order valence-corrected chi connectivity index (χ0v) is 16.1. The molecule has 0 bridgehead atoms. The van der Waals surface area contributed by atoms with Crippen molar-refractivity contribution in [3.05, 3.63) is 47.9 Å². The summed E-state index contributed by atoms with van der Waals surface area (Å²) < 4.78 is 7.17. The van der Waals surface area contributed by atoms with Gasteiger partial charge in [0.15, 0.2) is 11.4 Å². The van der Waals surface area contributed by atoms with Crippen molar-refractivity contribution >= 4 is 17.5 Å². The Hall–Kier alpha value is -3.49. The molecule has 9 heteroatoms. The maximum Gasteiger partial charge on any atom is 0.277 e. The maximum atomic E-state index is 12.7. The van der Waals surface area contributed by atoms with Crippen molar-refractivity contribution in [1.29, 1.82) is 0 Å². The number of nitrogens with zero attached hydrogens (tertiary/aromatic N) is 4. The lowest BCUT2D eigenvalue weighted by Crippen LogP contribution is -2.18. The van der Waals surface area contributed by atoms with Crippen LogP contribution in [0.25, 0.3) is 11.5 Å². The highest BCUT2D eigenvalue weighted by Gasteiger charge is 2.23. The Bertz CT molecular complexity index is 1050. The van der Waals surface area contributed by atoms with Crippen LogP contribution in [-0.4, -0.2) is 31.6 Å². The molecule has 4 rings (SSSR count). The van der Waals surface area contributed by atoms with Crippen LogP contribution in [-0.2, 0) is 0 Å². The molecule has 0 aliphatic heterocycles. The number of pyridine rings is 1. The number of hydrogen-bond acceptors (Lipinski definition) is 6. The van der Waals surface area contributed by atoms with Gasteiger partial charge in [0.25, 0.3) is 11.8 Å². The number of nitrogens with one attached hydrogen (secondary N) is 1. The zero-order valence-electron chi connectivity index (χ0n) is 16.1. The van der Waals surface area contributed by atoms with E-state index < -0.39 is 11.8 Å². The van der Waals surface area contributed by atoms with Crippen LogP contribution in [0.3, 0.4) is 0 Å². The number of primary amides is 1. The lowest BCUT2D eigenvalue weighted by molar-refractivity contribution is 0.0995. The van der Waals surface area contributed by atoms with Crippen molar-refractivity contribution in [2.24, 2.45) is 5.73 Å². The minimum absolute atomic E-state index is 0.0393. The van der Waals surface area contributed by atoms with Crippen molar-refractivity contribution in [2.75, 3.05) is 5.32 Å². The number of anilines is 1. The second-order valence-corrected chi connectivity index (χ2v) is 7.21. The van der Waals surface area contributed by atoms with E-state index in [4.69, 9.17) is 10.2 Å². The van der Waals surface area contributed by atoms with Gasteiger partial charge in [-0.15, -0.1) is 0 Å². The molecule has 3 aromatic heterocycles. The van der Waals surface area contributed by atoms with E-state index in [2.05, 4.69) is 20.4 Å². The Kier molecular flexibility index (Phi) is 5.11. The topological polar surface area (TPSA) is 129 Å². The molecule has 0 radical (unpaired) electrons. The Labute approximate surface area is 167 Å². The third-order valence-electron chi connectivity index (χ3n) is 5.04. The third kappa shape index (κ3) is 4.03. The van der Waals surface area contributed by atoms with Crippen LogP contribution < -0.4 is 11.1 Å². The fraction of sp³-hybridized carbons (Fsp3) is 0.350. The summed E-state index contributed by atoms with van der Waals surface area (Å²) in [6.45, 7) is 1.86. The van der Waals surface area contributed by atoms with Crippen LogP contribution in [0.15, 0.2) is 35.2 Å². The predicted octanol–water partition coefficient (Wildman–Crippen LogP) is 3.10. The number of hydrogen-bond donors (Lipinski definition) is 2. The molecule has 1 fully saturated rings. The summed E-state index contributed by atoms with van der Waals surface area (Å²) in [5.41, 5.74) is 7.40. The van der Waals surface area contributed by atoms with E-state index in [1.165, 1.54) is 12.7 Å². The molecular weight excluding hydrogens is 372 g/mol. The maximum absolute atomic E-state index is 12.7. The van der Waals surface area contributed by atoms with E-state index in [-0.39, 0.29) is 23.1 Å². The number of rotatable bonds is 5. The lowest BCUT2D eigenvalue weighted by Gasteiger charge is -2.21. The summed E-state index contributed by atoms with van der Waals surface area (Å²) in [6.07, 6.45) is 10.0. The molecule has 1 aliphatic rings. The molecule has 0 unspecified atom stereocenters. The first kappa shape index (κ1) is 18.9. The van der Waals surface area contributed by atoms with E-state index in [9.17, 15) is 9.59 Å². The van der Waals surface area contributed by atoms with Gasteiger partial charge in [-0.25, -0.2) is 4.98 Å². The van der Waals surface area contributed by atoms with E-state index >= 15 is 0 Å². The number of nitrogens with two attached hydrogens (primary N) is 1. The van der Waals surface area contributed by atoms with Crippen molar-refractivity contribution in [2.45, 2.75) is 45.1 Å². The van der Waals surface area contributed by atoms with Crippen LogP contribution in [0.1, 0.15) is 64.8 Å². The first-order valence-electron chi connectivity index (χ1n) is 9.60. The molecule has 9 nitrogen and oxygen atoms in total. The molecule has 3 heterocycles. The molecule has 29 heavy (non-hydrogen) atoms. The molecule has 2 amide bonds. The van der Waals surface area contributed by atoms with Crippen molar-refractivity contribution in [3.63, 3.8) is 0 Å². The van der Waals surface area contributed by atoms with E-state index in [0.717, 1.165) is 36.9 Å². The average Bonchev–Trinajstić information content (AvgIpc) is 3.36.